The number of aryl methyl sites for hydroxylation is 2. The van der Waals surface area contributed by atoms with Gasteiger partial charge in [-0.3, -0.25) is 0 Å². The molecule has 1 aliphatic rings. The summed E-state index contributed by atoms with van der Waals surface area (Å²) >= 11 is 0. The van der Waals surface area contributed by atoms with Gasteiger partial charge in [-0.05, 0) is 57.6 Å². The lowest BCUT2D eigenvalue weighted by Crippen LogP contribution is -2.16. The van der Waals surface area contributed by atoms with E-state index < -0.39 is 0 Å². The van der Waals surface area contributed by atoms with Gasteiger partial charge in [0.15, 0.2) is 0 Å². The molecule has 0 radical (unpaired) electrons. The number of rotatable bonds is 4. The predicted octanol–water partition coefficient (Wildman–Crippen LogP) is 3.28. The Kier molecular flexibility index (Phi) is 4.92. The molecule has 2 unspecified atom stereocenters. The summed E-state index contributed by atoms with van der Waals surface area (Å²) in [4.78, 5) is 9.59. The molecule has 0 bridgehead atoms. The number of nitrogens with zero attached hydrogens (tertiary/aromatic N) is 2. The van der Waals surface area contributed by atoms with Gasteiger partial charge < -0.3 is 5.73 Å². The van der Waals surface area contributed by atoms with Crippen molar-refractivity contribution in [2.24, 2.45) is 11.7 Å². The van der Waals surface area contributed by atoms with Gasteiger partial charge in [0.1, 0.15) is 5.82 Å². The molecule has 2 atom stereocenters. The monoisotopic (exact) mass is 261 g/mol. The van der Waals surface area contributed by atoms with E-state index in [0.29, 0.717) is 5.92 Å². The van der Waals surface area contributed by atoms with Gasteiger partial charge in [-0.1, -0.05) is 19.8 Å². The van der Waals surface area contributed by atoms with E-state index in [2.05, 4.69) is 20.8 Å². The maximum atomic E-state index is 5.60. The molecular weight excluding hydrogens is 234 g/mol. The van der Waals surface area contributed by atoms with Crippen LogP contribution in [0.1, 0.15) is 67.7 Å². The van der Waals surface area contributed by atoms with E-state index in [-0.39, 0.29) is 0 Å². The molecule has 1 heterocycles. The Morgan fingerprint density at radius 3 is 2.42 bits per heavy atom. The zero-order valence-corrected chi connectivity index (χ0v) is 12.6. The number of hydrogen-bond donors (Lipinski definition) is 1. The molecule has 0 amide bonds. The van der Waals surface area contributed by atoms with Crippen molar-refractivity contribution in [1.29, 1.82) is 0 Å². The van der Waals surface area contributed by atoms with E-state index in [1.165, 1.54) is 31.2 Å². The van der Waals surface area contributed by atoms with E-state index in [1.807, 2.05) is 0 Å². The third-order valence-corrected chi connectivity index (χ3v) is 4.37. The molecule has 0 aliphatic heterocycles. The Hall–Kier alpha value is -0.960. The first-order chi connectivity index (χ1) is 9.11. The third-order valence-electron chi connectivity index (χ3n) is 4.37. The van der Waals surface area contributed by atoms with Crippen LogP contribution in [0.25, 0.3) is 0 Å². The van der Waals surface area contributed by atoms with Crippen molar-refractivity contribution in [2.45, 2.75) is 65.2 Å². The molecule has 2 rings (SSSR count). The quantitative estimate of drug-likeness (QED) is 0.905. The zero-order valence-electron chi connectivity index (χ0n) is 12.6. The molecule has 0 aromatic carbocycles. The highest BCUT2D eigenvalue weighted by Gasteiger charge is 2.23. The fourth-order valence-corrected chi connectivity index (χ4v) is 3.26. The first-order valence-electron chi connectivity index (χ1n) is 7.66. The summed E-state index contributed by atoms with van der Waals surface area (Å²) in [6.45, 7) is 7.33. The summed E-state index contributed by atoms with van der Waals surface area (Å²) in [6, 6.07) is 0. The van der Waals surface area contributed by atoms with Crippen molar-refractivity contribution in [2.75, 3.05) is 6.54 Å². The van der Waals surface area contributed by atoms with Crippen molar-refractivity contribution < 1.29 is 0 Å². The van der Waals surface area contributed by atoms with Crippen LogP contribution in [-0.4, -0.2) is 16.5 Å². The molecule has 1 aromatic rings. The highest BCUT2D eigenvalue weighted by atomic mass is 14.9. The first-order valence-corrected chi connectivity index (χ1v) is 7.66. The van der Waals surface area contributed by atoms with Crippen LogP contribution in [0.2, 0.25) is 0 Å². The average molecular weight is 261 g/mol. The van der Waals surface area contributed by atoms with Crippen molar-refractivity contribution in [1.82, 2.24) is 9.97 Å². The minimum atomic E-state index is 0.574. The number of aromatic nitrogens is 2. The van der Waals surface area contributed by atoms with Crippen molar-refractivity contribution in [3.8, 4) is 0 Å². The molecule has 3 heteroatoms. The molecule has 2 N–H and O–H groups in total. The van der Waals surface area contributed by atoms with Crippen LogP contribution in [0.4, 0.5) is 0 Å². The predicted molar refractivity (Wildman–Crippen MR) is 79.3 cm³/mol. The average Bonchev–Trinajstić information content (AvgIpc) is 2.37. The minimum absolute atomic E-state index is 0.574. The van der Waals surface area contributed by atoms with Gasteiger partial charge in [-0.25, -0.2) is 9.97 Å². The van der Waals surface area contributed by atoms with Gasteiger partial charge in [-0.2, -0.15) is 0 Å². The molecule has 19 heavy (non-hydrogen) atoms. The van der Waals surface area contributed by atoms with Gasteiger partial charge in [0, 0.05) is 17.3 Å². The second-order valence-corrected chi connectivity index (χ2v) is 6.09. The van der Waals surface area contributed by atoms with E-state index in [1.54, 1.807) is 0 Å². The smallest absolute Gasteiger partial charge is 0.131 e. The maximum absolute atomic E-state index is 5.60. The number of hydrogen-bond acceptors (Lipinski definition) is 3. The highest BCUT2D eigenvalue weighted by molar-refractivity contribution is 5.25. The Bertz CT molecular complexity index is 405. The summed E-state index contributed by atoms with van der Waals surface area (Å²) in [6.07, 6.45) is 7.22. The SMILES string of the molecule is Cc1nc(C2CCCC(C)C2)nc(C)c1CCCN. The second kappa shape index (κ2) is 6.47. The van der Waals surface area contributed by atoms with E-state index in [0.717, 1.165) is 42.5 Å². The summed E-state index contributed by atoms with van der Waals surface area (Å²) in [7, 11) is 0. The molecule has 0 saturated heterocycles. The minimum Gasteiger partial charge on any atom is -0.330 e. The van der Waals surface area contributed by atoms with E-state index >= 15 is 0 Å². The Morgan fingerprint density at radius 2 is 1.84 bits per heavy atom. The van der Waals surface area contributed by atoms with Crippen LogP contribution in [0.15, 0.2) is 0 Å². The first kappa shape index (κ1) is 14.4. The molecule has 1 aromatic heterocycles. The Morgan fingerprint density at radius 1 is 1.16 bits per heavy atom. The summed E-state index contributed by atoms with van der Waals surface area (Å²) in [5.41, 5.74) is 9.22. The topological polar surface area (TPSA) is 51.8 Å². The van der Waals surface area contributed by atoms with Crippen LogP contribution >= 0.6 is 0 Å². The Labute approximate surface area is 117 Å². The summed E-state index contributed by atoms with van der Waals surface area (Å²) in [5, 5.41) is 0. The lowest BCUT2D eigenvalue weighted by atomic mass is 9.82. The molecular formula is C16H27N3. The summed E-state index contributed by atoms with van der Waals surface area (Å²) in [5.74, 6) is 2.47. The van der Waals surface area contributed by atoms with Gasteiger partial charge in [0.05, 0.1) is 0 Å². The van der Waals surface area contributed by atoms with Crippen molar-refractivity contribution in [3.63, 3.8) is 0 Å². The molecule has 1 fully saturated rings. The van der Waals surface area contributed by atoms with Crippen molar-refractivity contribution in [3.05, 3.63) is 22.8 Å². The van der Waals surface area contributed by atoms with E-state index in [9.17, 15) is 0 Å². The lowest BCUT2D eigenvalue weighted by Gasteiger charge is -2.26. The van der Waals surface area contributed by atoms with Crippen LogP contribution in [0, 0.1) is 19.8 Å². The van der Waals surface area contributed by atoms with Crippen LogP contribution < -0.4 is 5.73 Å². The highest BCUT2D eigenvalue weighted by Crippen LogP contribution is 2.34. The maximum Gasteiger partial charge on any atom is 0.131 e. The second-order valence-electron chi connectivity index (χ2n) is 6.09. The lowest BCUT2D eigenvalue weighted by molar-refractivity contribution is 0.334. The zero-order chi connectivity index (χ0) is 13.8. The largest absolute Gasteiger partial charge is 0.330 e. The van der Waals surface area contributed by atoms with Gasteiger partial charge >= 0.3 is 0 Å². The van der Waals surface area contributed by atoms with Gasteiger partial charge in [-0.15, -0.1) is 0 Å². The molecule has 3 nitrogen and oxygen atoms in total. The molecule has 106 valence electrons. The standard InChI is InChI=1S/C16H27N3/c1-11-6-4-7-14(10-11)16-18-12(2)15(8-5-9-17)13(3)19-16/h11,14H,4-10,17H2,1-3H3. The normalized spacial score (nSPS) is 23.6. The van der Waals surface area contributed by atoms with E-state index in [4.69, 9.17) is 15.7 Å². The molecule has 1 saturated carbocycles. The van der Waals surface area contributed by atoms with Gasteiger partial charge in [0.25, 0.3) is 0 Å². The van der Waals surface area contributed by atoms with Crippen LogP contribution in [0.5, 0.6) is 0 Å². The number of nitrogens with two attached hydrogens (primary N) is 1. The van der Waals surface area contributed by atoms with Crippen LogP contribution in [0.3, 0.4) is 0 Å². The van der Waals surface area contributed by atoms with Gasteiger partial charge in [0.2, 0.25) is 0 Å². The van der Waals surface area contributed by atoms with Crippen molar-refractivity contribution >= 4 is 0 Å². The summed E-state index contributed by atoms with van der Waals surface area (Å²) < 4.78 is 0. The molecule has 1 aliphatic carbocycles. The molecule has 0 spiro atoms. The third kappa shape index (κ3) is 3.53. The van der Waals surface area contributed by atoms with Crippen LogP contribution in [-0.2, 0) is 6.42 Å². The Balaban J connectivity index is 2.18. The fraction of sp³-hybridized carbons (Fsp3) is 0.750. The fourth-order valence-electron chi connectivity index (χ4n) is 3.26.